The number of carbonyl (C=O) groups excluding carboxylic acids is 1. The van der Waals surface area contributed by atoms with E-state index in [0.717, 1.165) is 11.1 Å². The van der Waals surface area contributed by atoms with Crippen LogP contribution in [0.5, 0.6) is 17.2 Å². The highest BCUT2D eigenvalue weighted by atomic mass is 16.5. The third kappa shape index (κ3) is 5.37. The Morgan fingerprint density at radius 2 is 1.67 bits per heavy atom. The highest BCUT2D eigenvalue weighted by Gasteiger charge is 2.20. The summed E-state index contributed by atoms with van der Waals surface area (Å²) in [6.45, 7) is 4.94. The SMILES string of the molecule is COc1ccc(C(=O)NCc2cccc(COC(C)C)c2)c(OC)c1OC. The molecule has 0 atom stereocenters. The lowest BCUT2D eigenvalue weighted by Crippen LogP contribution is -2.23. The largest absolute Gasteiger partial charge is 0.493 e. The van der Waals surface area contributed by atoms with Gasteiger partial charge >= 0.3 is 0 Å². The summed E-state index contributed by atoms with van der Waals surface area (Å²) < 4.78 is 21.6. The van der Waals surface area contributed by atoms with Crippen LogP contribution in [0.4, 0.5) is 0 Å². The molecule has 2 aromatic rings. The van der Waals surface area contributed by atoms with Gasteiger partial charge in [-0.05, 0) is 37.1 Å². The van der Waals surface area contributed by atoms with Gasteiger partial charge in [-0.25, -0.2) is 0 Å². The van der Waals surface area contributed by atoms with Crippen LogP contribution in [0.25, 0.3) is 0 Å². The molecule has 0 unspecified atom stereocenters. The summed E-state index contributed by atoms with van der Waals surface area (Å²) >= 11 is 0. The first-order chi connectivity index (χ1) is 13.0. The minimum atomic E-state index is -0.253. The second-order valence-corrected chi connectivity index (χ2v) is 6.24. The average Bonchev–Trinajstić information content (AvgIpc) is 2.69. The summed E-state index contributed by atoms with van der Waals surface area (Å²) in [5.41, 5.74) is 2.45. The molecule has 0 bridgehead atoms. The van der Waals surface area contributed by atoms with Crippen molar-refractivity contribution in [2.24, 2.45) is 0 Å². The van der Waals surface area contributed by atoms with E-state index in [0.29, 0.717) is 36.0 Å². The number of nitrogens with one attached hydrogen (secondary N) is 1. The summed E-state index contributed by atoms with van der Waals surface area (Å²) in [7, 11) is 4.53. The Bertz CT molecular complexity index is 773. The number of rotatable bonds is 9. The third-order valence-corrected chi connectivity index (χ3v) is 3.98. The van der Waals surface area contributed by atoms with E-state index in [1.54, 1.807) is 12.1 Å². The van der Waals surface area contributed by atoms with E-state index in [9.17, 15) is 4.79 Å². The van der Waals surface area contributed by atoms with E-state index in [2.05, 4.69) is 5.32 Å². The van der Waals surface area contributed by atoms with Gasteiger partial charge in [-0.15, -0.1) is 0 Å². The van der Waals surface area contributed by atoms with Crippen LogP contribution in [0.3, 0.4) is 0 Å². The Labute approximate surface area is 160 Å². The Hall–Kier alpha value is -2.73. The first kappa shape index (κ1) is 20.6. The van der Waals surface area contributed by atoms with E-state index in [1.807, 2.05) is 38.1 Å². The lowest BCUT2D eigenvalue weighted by Gasteiger charge is -2.15. The lowest BCUT2D eigenvalue weighted by atomic mass is 10.1. The van der Waals surface area contributed by atoms with Crippen LogP contribution in [0, 0.1) is 0 Å². The molecule has 0 spiro atoms. The molecule has 1 N–H and O–H groups in total. The fourth-order valence-electron chi connectivity index (χ4n) is 2.65. The van der Waals surface area contributed by atoms with E-state index < -0.39 is 0 Å². The van der Waals surface area contributed by atoms with Crippen molar-refractivity contribution in [2.75, 3.05) is 21.3 Å². The summed E-state index contributed by atoms with van der Waals surface area (Å²) in [6, 6.07) is 11.3. The van der Waals surface area contributed by atoms with Crippen molar-refractivity contribution in [3.8, 4) is 17.2 Å². The number of hydrogen-bond donors (Lipinski definition) is 1. The zero-order chi connectivity index (χ0) is 19.8. The van der Waals surface area contributed by atoms with Crippen LogP contribution < -0.4 is 19.5 Å². The molecule has 0 saturated heterocycles. The van der Waals surface area contributed by atoms with Crippen LogP contribution in [0.15, 0.2) is 36.4 Å². The van der Waals surface area contributed by atoms with Crippen LogP contribution in [-0.2, 0) is 17.9 Å². The lowest BCUT2D eigenvalue weighted by molar-refractivity contribution is 0.0657. The number of carbonyl (C=O) groups is 1. The molecule has 27 heavy (non-hydrogen) atoms. The topological polar surface area (TPSA) is 66.0 Å². The van der Waals surface area contributed by atoms with E-state index >= 15 is 0 Å². The third-order valence-electron chi connectivity index (χ3n) is 3.98. The van der Waals surface area contributed by atoms with Gasteiger partial charge in [0.15, 0.2) is 11.5 Å². The van der Waals surface area contributed by atoms with E-state index in [-0.39, 0.29) is 12.0 Å². The molecule has 146 valence electrons. The van der Waals surface area contributed by atoms with Gasteiger partial charge in [-0.2, -0.15) is 0 Å². The molecule has 0 aliphatic carbocycles. The predicted molar refractivity (Wildman–Crippen MR) is 104 cm³/mol. The van der Waals surface area contributed by atoms with Crippen molar-refractivity contribution in [3.63, 3.8) is 0 Å². The highest BCUT2D eigenvalue weighted by molar-refractivity contribution is 5.98. The van der Waals surface area contributed by atoms with Crippen molar-refractivity contribution >= 4 is 5.91 Å². The Morgan fingerprint density at radius 1 is 0.963 bits per heavy atom. The molecule has 6 heteroatoms. The first-order valence-corrected chi connectivity index (χ1v) is 8.76. The van der Waals surface area contributed by atoms with Crippen LogP contribution in [0.2, 0.25) is 0 Å². The minimum absolute atomic E-state index is 0.172. The molecule has 0 saturated carbocycles. The van der Waals surface area contributed by atoms with Crippen LogP contribution >= 0.6 is 0 Å². The number of ether oxygens (including phenoxy) is 4. The predicted octanol–water partition coefficient (Wildman–Crippen LogP) is 3.57. The second kappa shape index (κ2) is 9.83. The van der Waals surface area contributed by atoms with Crippen LogP contribution in [-0.4, -0.2) is 33.3 Å². The van der Waals surface area contributed by atoms with Gasteiger partial charge in [0.1, 0.15) is 0 Å². The van der Waals surface area contributed by atoms with E-state index in [4.69, 9.17) is 18.9 Å². The fraction of sp³-hybridized carbons (Fsp3) is 0.381. The fourth-order valence-corrected chi connectivity index (χ4v) is 2.65. The van der Waals surface area contributed by atoms with Crippen LogP contribution in [0.1, 0.15) is 35.3 Å². The van der Waals surface area contributed by atoms with Crippen molar-refractivity contribution in [3.05, 3.63) is 53.1 Å². The van der Waals surface area contributed by atoms with E-state index in [1.165, 1.54) is 21.3 Å². The smallest absolute Gasteiger partial charge is 0.255 e. The monoisotopic (exact) mass is 373 g/mol. The maximum atomic E-state index is 12.7. The van der Waals surface area contributed by atoms with Gasteiger partial charge < -0.3 is 24.3 Å². The molecule has 1 amide bonds. The molecule has 6 nitrogen and oxygen atoms in total. The molecule has 2 rings (SSSR count). The molecule has 0 aliphatic rings. The second-order valence-electron chi connectivity index (χ2n) is 6.24. The summed E-state index contributed by atoms with van der Waals surface area (Å²) in [6.07, 6.45) is 0.172. The Kier molecular flexibility index (Phi) is 7.49. The highest BCUT2D eigenvalue weighted by Crippen LogP contribution is 2.39. The summed E-state index contributed by atoms with van der Waals surface area (Å²) in [4.78, 5) is 12.7. The Morgan fingerprint density at radius 3 is 2.30 bits per heavy atom. The first-order valence-electron chi connectivity index (χ1n) is 8.76. The van der Waals surface area contributed by atoms with Gasteiger partial charge in [-0.3, -0.25) is 4.79 Å². The molecule has 0 aromatic heterocycles. The van der Waals surface area contributed by atoms with Gasteiger partial charge in [0.2, 0.25) is 5.75 Å². The normalized spacial score (nSPS) is 10.6. The number of benzene rings is 2. The minimum Gasteiger partial charge on any atom is -0.493 e. The van der Waals surface area contributed by atoms with Gasteiger partial charge in [0.25, 0.3) is 5.91 Å². The summed E-state index contributed by atoms with van der Waals surface area (Å²) in [5.74, 6) is 0.981. The maximum Gasteiger partial charge on any atom is 0.255 e. The van der Waals surface area contributed by atoms with Gasteiger partial charge in [0.05, 0.1) is 39.6 Å². The average molecular weight is 373 g/mol. The number of amides is 1. The molecule has 0 fully saturated rings. The summed E-state index contributed by atoms with van der Waals surface area (Å²) in [5, 5.41) is 2.91. The van der Waals surface area contributed by atoms with Gasteiger partial charge in [0, 0.05) is 6.54 Å². The van der Waals surface area contributed by atoms with Crippen molar-refractivity contribution in [2.45, 2.75) is 33.1 Å². The molecule has 0 aliphatic heterocycles. The van der Waals surface area contributed by atoms with Crippen molar-refractivity contribution in [1.29, 1.82) is 0 Å². The molecular weight excluding hydrogens is 346 g/mol. The quantitative estimate of drug-likeness (QED) is 0.728. The Balaban J connectivity index is 2.11. The number of methoxy groups -OCH3 is 3. The zero-order valence-electron chi connectivity index (χ0n) is 16.5. The zero-order valence-corrected chi connectivity index (χ0v) is 16.5. The van der Waals surface area contributed by atoms with Gasteiger partial charge in [-0.1, -0.05) is 24.3 Å². The molecule has 0 radical (unpaired) electrons. The molecular formula is C21H27NO5. The molecule has 0 heterocycles. The van der Waals surface area contributed by atoms with Crippen molar-refractivity contribution < 1.29 is 23.7 Å². The standard InChI is InChI=1S/C21H27NO5/c1-14(2)27-13-16-8-6-7-15(11-16)12-22-21(23)17-9-10-18(24-3)20(26-5)19(17)25-4/h6-11,14H,12-13H2,1-5H3,(H,22,23). The maximum absolute atomic E-state index is 12.7. The van der Waals surface area contributed by atoms with Crippen molar-refractivity contribution in [1.82, 2.24) is 5.32 Å². The molecule has 2 aromatic carbocycles. The number of hydrogen-bond acceptors (Lipinski definition) is 5.